The summed E-state index contributed by atoms with van der Waals surface area (Å²) in [5.74, 6) is 0.523. The highest BCUT2D eigenvalue weighted by Crippen LogP contribution is 2.22. The Morgan fingerprint density at radius 2 is 2.13 bits per heavy atom. The number of aromatic nitrogens is 3. The molecule has 1 aromatic heterocycles. The smallest absolute Gasteiger partial charge is 0.183 e. The minimum Gasteiger partial charge on any atom is -0.390 e. The number of aliphatic hydroxyl groups is 3. The molecule has 1 unspecified atom stereocenters. The van der Waals surface area contributed by atoms with Gasteiger partial charge in [-0.3, -0.25) is 0 Å². The van der Waals surface area contributed by atoms with Gasteiger partial charge in [-0.15, -0.1) is 5.10 Å². The van der Waals surface area contributed by atoms with Gasteiger partial charge in [-0.2, -0.15) is 0 Å². The molecule has 1 aliphatic rings. The van der Waals surface area contributed by atoms with Crippen molar-refractivity contribution in [1.82, 2.24) is 15.0 Å². The summed E-state index contributed by atoms with van der Waals surface area (Å²) in [5, 5.41) is 38.2. The summed E-state index contributed by atoms with van der Waals surface area (Å²) in [5.41, 5.74) is 0.881. The molecular formula is C15H27N3O5. The van der Waals surface area contributed by atoms with Crippen molar-refractivity contribution >= 4 is 0 Å². The van der Waals surface area contributed by atoms with Crippen molar-refractivity contribution in [3.05, 3.63) is 11.9 Å². The van der Waals surface area contributed by atoms with Gasteiger partial charge in [0.05, 0.1) is 18.3 Å². The first-order chi connectivity index (χ1) is 10.9. The van der Waals surface area contributed by atoms with Crippen LogP contribution in [-0.2, 0) is 22.4 Å². The molecule has 0 bridgehead atoms. The van der Waals surface area contributed by atoms with Gasteiger partial charge >= 0.3 is 0 Å². The molecule has 6 atom stereocenters. The molecule has 23 heavy (non-hydrogen) atoms. The number of methoxy groups -OCH3 is 1. The van der Waals surface area contributed by atoms with Gasteiger partial charge < -0.3 is 24.8 Å². The van der Waals surface area contributed by atoms with Gasteiger partial charge in [-0.05, 0) is 12.3 Å². The third-order valence-electron chi connectivity index (χ3n) is 4.32. The lowest BCUT2D eigenvalue weighted by Crippen LogP contribution is -2.41. The maximum Gasteiger partial charge on any atom is 0.183 e. The molecule has 0 saturated carbocycles. The van der Waals surface area contributed by atoms with Crippen LogP contribution in [0.1, 0.15) is 32.4 Å². The van der Waals surface area contributed by atoms with Gasteiger partial charge in [0.2, 0.25) is 0 Å². The quantitative estimate of drug-likeness (QED) is 0.658. The van der Waals surface area contributed by atoms with Crippen LogP contribution in [0.2, 0.25) is 0 Å². The fraction of sp³-hybridized carbons (Fsp3) is 0.867. The minimum atomic E-state index is -1.13. The molecule has 0 radical (unpaired) electrons. The van der Waals surface area contributed by atoms with E-state index in [2.05, 4.69) is 24.2 Å². The van der Waals surface area contributed by atoms with E-state index in [1.165, 1.54) is 7.11 Å². The summed E-state index contributed by atoms with van der Waals surface area (Å²) in [7, 11) is 1.41. The van der Waals surface area contributed by atoms with Crippen molar-refractivity contribution in [2.24, 2.45) is 5.92 Å². The van der Waals surface area contributed by atoms with Crippen LogP contribution >= 0.6 is 0 Å². The van der Waals surface area contributed by atoms with Crippen molar-refractivity contribution in [1.29, 1.82) is 0 Å². The van der Waals surface area contributed by atoms with E-state index in [0.29, 0.717) is 5.92 Å². The van der Waals surface area contributed by atoms with E-state index in [9.17, 15) is 15.3 Å². The summed E-state index contributed by atoms with van der Waals surface area (Å²) >= 11 is 0. The lowest BCUT2D eigenvalue weighted by Gasteiger charge is -2.25. The zero-order valence-corrected chi connectivity index (χ0v) is 13.9. The number of hydrogen-bond acceptors (Lipinski definition) is 7. The Hall–Kier alpha value is -1.06. The third kappa shape index (κ3) is 4.71. The summed E-state index contributed by atoms with van der Waals surface area (Å²) in [4.78, 5) is 0. The van der Waals surface area contributed by atoms with Gasteiger partial charge in [-0.25, -0.2) is 4.68 Å². The molecule has 2 rings (SSSR count). The number of aliphatic hydroxyl groups excluding tert-OH is 3. The Kier molecular flexibility index (Phi) is 6.49. The van der Waals surface area contributed by atoms with Crippen LogP contribution in [0.5, 0.6) is 0 Å². The van der Waals surface area contributed by atoms with E-state index in [-0.39, 0.29) is 13.0 Å². The first-order valence-electron chi connectivity index (χ1n) is 8.06. The van der Waals surface area contributed by atoms with E-state index in [1.807, 2.05) is 6.20 Å². The van der Waals surface area contributed by atoms with Crippen LogP contribution in [0.4, 0.5) is 0 Å². The van der Waals surface area contributed by atoms with E-state index in [4.69, 9.17) is 9.47 Å². The first kappa shape index (κ1) is 18.3. The number of nitrogens with zero attached hydrogens (tertiary/aromatic N) is 3. The van der Waals surface area contributed by atoms with Crippen LogP contribution in [0.15, 0.2) is 6.20 Å². The Morgan fingerprint density at radius 1 is 1.39 bits per heavy atom. The zero-order valence-electron chi connectivity index (χ0n) is 13.9. The van der Waals surface area contributed by atoms with Crippen LogP contribution in [0.3, 0.4) is 0 Å². The van der Waals surface area contributed by atoms with E-state index in [0.717, 1.165) is 18.5 Å². The molecular weight excluding hydrogens is 302 g/mol. The molecule has 132 valence electrons. The Morgan fingerprint density at radius 3 is 2.78 bits per heavy atom. The normalized spacial score (nSPS) is 33.4. The molecule has 0 aromatic carbocycles. The molecule has 2 heterocycles. The molecule has 1 fully saturated rings. The summed E-state index contributed by atoms with van der Waals surface area (Å²) in [6.45, 7) is 4.50. The predicted octanol–water partition coefficient (Wildman–Crippen LogP) is -0.289. The van der Waals surface area contributed by atoms with Gasteiger partial charge in [0.1, 0.15) is 18.3 Å². The van der Waals surface area contributed by atoms with Crippen LogP contribution in [-0.4, -0.2) is 68.1 Å². The van der Waals surface area contributed by atoms with Crippen LogP contribution in [0.25, 0.3) is 0 Å². The highest BCUT2D eigenvalue weighted by atomic mass is 16.7. The molecule has 0 spiro atoms. The third-order valence-corrected chi connectivity index (χ3v) is 4.32. The second kappa shape index (κ2) is 8.16. The summed E-state index contributed by atoms with van der Waals surface area (Å²) in [6, 6.07) is 0. The topological polar surface area (TPSA) is 110 Å². The standard InChI is InChI=1S/C15H27N3O5/c1-4-9(2)5-10-7-18(17-16-10)8-13-14(21)11(19)6-12(20)15(22-3)23-13/h7,9,11-15,19-21H,4-6,8H2,1-3H3/t9?,11-,12-,13-,14+,15+/m1/s1. The van der Waals surface area contributed by atoms with Crippen molar-refractivity contribution in [3.8, 4) is 0 Å². The Labute approximate surface area is 136 Å². The molecule has 1 aliphatic heterocycles. The summed E-state index contributed by atoms with van der Waals surface area (Å²) in [6.07, 6.45) is -1.13. The van der Waals surface area contributed by atoms with Crippen LogP contribution in [0, 0.1) is 5.92 Å². The van der Waals surface area contributed by atoms with Crippen LogP contribution < -0.4 is 0 Å². The second-order valence-corrected chi connectivity index (χ2v) is 6.29. The average Bonchev–Trinajstić information content (AvgIpc) is 2.93. The van der Waals surface area contributed by atoms with Crippen molar-refractivity contribution in [2.75, 3.05) is 7.11 Å². The van der Waals surface area contributed by atoms with Crippen molar-refractivity contribution < 1.29 is 24.8 Å². The highest BCUT2D eigenvalue weighted by molar-refractivity contribution is 4.94. The number of rotatable bonds is 6. The summed E-state index contributed by atoms with van der Waals surface area (Å²) < 4.78 is 12.3. The maximum atomic E-state index is 10.2. The maximum absolute atomic E-state index is 10.2. The second-order valence-electron chi connectivity index (χ2n) is 6.29. The Balaban J connectivity index is 2.04. The average molecular weight is 329 g/mol. The Bertz CT molecular complexity index is 483. The molecule has 8 nitrogen and oxygen atoms in total. The molecule has 8 heteroatoms. The number of hydrogen-bond donors (Lipinski definition) is 3. The first-order valence-corrected chi connectivity index (χ1v) is 8.06. The van der Waals surface area contributed by atoms with Gasteiger partial charge in [0, 0.05) is 19.7 Å². The minimum absolute atomic E-state index is 0.00715. The van der Waals surface area contributed by atoms with Crippen molar-refractivity contribution in [2.45, 2.75) is 70.4 Å². The largest absolute Gasteiger partial charge is 0.390 e. The predicted molar refractivity (Wildman–Crippen MR) is 81.5 cm³/mol. The molecule has 3 N–H and O–H groups in total. The molecule has 0 aliphatic carbocycles. The molecule has 1 aromatic rings. The SMILES string of the molecule is CCC(C)Cc1cn(C[C@H]2O[C@H](OC)[C@H](O)C[C@@H](O)[C@@H]2O)nn1. The fourth-order valence-electron chi connectivity index (χ4n) is 2.66. The lowest BCUT2D eigenvalue weighted by atomic mass is 10.0. The zero-order chi connectivity index (χ0) is 17.0. The molecule has 1 saturated heterocycles. The van der Waals surface area contributed by atoms with E-state index < -0.39 is 30.7 Å². The van der Waals surface area contributed by atoms with Gasteiger partial charge in [-0.1, -0.05) is 25.5 Å². The van der Waals surface area contributed by atoms with Gasteiger partial charge in [0.25, 0.3) is 0 Å². The monoisotopic (exact) mass is 329 g/mol. The molecule has 0 amide bonds. The van der Waals surface area contributed by atoms with E-state index in [1.54, 1.807) is 4.68 Å². The highest BCUT2D eigenvalue weighted by Gasteiger charge is 2.38. The van der Waals surface area contributed by atoms with Crippen molar-refractivity contribution in [3.63, 3.8) is 0 Å². The number of ether oxygens (including phenoxy) is 2. The fourth-order valence-corrected chi connectivity index (χ4v) is 2.66. The van der Waals surface area contributed by atoms with Gasteiger partial charge in [0.15, 0.2) is 6.29 Å². The lowest BCUT2D eigenvalue weighted by molar-refractivity contribution is -0.210. The van der Waals surface area contributed by atoms with E-state index >= 15 is 0 Å².